The molecule has 4 aliphatic rings. The Hall–Kier alpha value is -0.560. The van der Waals surface area contributed by atoms with Crippen LogP contribution >= 0.6 is 0 Å². The lowest BCUT2D eigenvalue weighted by atomic mass is 9.47. The molecule has 0 saturated heterocycles. The Balaban J connectivity index is 1.72. The van der Waals surface area contributed by atoms with Gasteiger partial charge in [0.25, 0.3) is 0 Å². The van der Waals surface area contributed by atoms with Crippen LogP contribution < -0.4 is 0 Å². The molecule has 0 heterocycles. The minimum Gasteiger partial charge on any atom is -0.392 e. The zero-order valence-corrected chi connectivity index (χ0v) is 13.7. The molecule has 4 rings (SSSR count). The molecule has 0 aromatic heterocycles. The fourth-order valence-corrected chi connectivity index (χ4v) is 6.67. The molecule has 1 unspecified atom stereocenters. The Morgan fingerprint density at radius 2 is 1.90 bits per heavy atom. The van der Waals surface area contributed by atoms with E-state index in [1.165, 1.54) is 44.1 Å². The molecule has 0 radical (unpaired) electrons. The maximum Gasteiger partial charge on any atom is 0.0636 e. The van der Waals surface area contributed by atoms with E-state index in [1.54, 1.807) is 5.57 Å². The van der Waals surface area contributed by atoms with E-state index >= 15 is 0 Å². The van der Waals surface area contributed by atoms with Crippen LogP contribution in [0.2, 0.25) is 0 Å². The Labute approximate surface area is 129 Å². The molecule has 6 atom stereocenters. The first-order valence-electron chi connectivity index (χ1n) is 9.04. The molecule has 0 aliphatic heterocycles. The van der Waals surface area contributed by atoms with Gasteiger partial charge in [0.05, 0.1) is 6.10 Å². The third kappa shape index (κ3) is 1.67. The van der Waals surface area contributed by atoms with Gasteiger partial charge in [0.15, 0.2) is 0 Å². The first kappa shape index (κ1) is 14.1. The number of hydrogen-bond donors (Lipinski definition) is 1. The molecule has 0 bridgehead atoms. The van der Waals surface area contributed by atoms with Gasteiger partial charge in [0.1, 0.15) is 0 Å². The van der Waals surface area contributed by atoms with Gasteiger partial charge in [0, 0.05) is 5.41 Å². The summed E-state index contributed by atoms with van der Waals surface area (Å²) < 4.78 is 0. The van der Waals surface area contributed by atoms with Crippen molar-refractivity contribution in [3.05, 3.63) is 23.8 Å². The van der Waals surface area contributed by atoms with Gasteiger partial charge < -0.3 is 5.11 Å². The minimum atomic E-state index is -0.112. The van der Waals surface area contributed by atoms with E-state index in [9.17, 15) is 5.11 Å². The number of rotatable bonds is 0. The molecule has 1 nitrogen and oxygen atoms in total. The summed E-state index contributed by atoms with van der Waals surface area (Å²) in [7, 11) is 0. The maximum atomic E-state index is 10.8. The summed E-state index contributed by atoms with van der Waals surface area (Å²) in [6, 6.07) is 0. The molecule has 3 saturated carbocycles. The Morgan fingerprint density at radius 1 is 1.10 bits per heavy atom. The monoisotopic (exact) mass is 286 g/mol. The van der Waals surface area contributed by atoms with Crippen LogP contribution in [0.4, 0.5) is 0 Å². The highest BCUT2D eigenvalue weighted by Crippen LogP contribution is 2.66. The van der Waals surface area contributed by atoms with Gasteiger partial charge in [0.2, 0.25) is 0 Å². The zero-order chi connectivity index (χ0) is 14.8. The summed E-state index contributed by atoms with van der Waals surface area (Å²) in [6.07, 6.45) is 12.2. The summed E-state index contributed by atoms with van der Waals surface area (Å²) in [5, 5.41) is 10.8. The van der Waals surface area contributed by atoms with E-state index in [0.29, 0.717) is 11.3 Å². The average molecular weight is 286 g/mol. The molecule has 0 amide bonds. The molecule has 0 aromatic carbocycles. The van der Waals surface area contributed by atoms with E-state index in [2.05, 4.69) is 26.5 Å². The SMILES string of the molecule is C=C1CC[C@H]2[C@@H]3CCC4=CCCC(O)[C@]4(C)[C@H]3CC[C@]12C. The van der Waals surface area contributed by atoms with Gasteiger partial charge in [-0.2, -0.15) is 0 Å². The molecule has 4 aliphatic carbocycles. The lowest BCUT2D eigenvalue weighted by Crippen LogP contribution is -2.53. The standard InChI is InChI=1S/C20H30O/c1-13-7-10-16-15-9-8-14-5-4-6-18(21)20(14,3)17(15)11-12-19(13,16)2/h5,15-18,21H,1,4,6-12H2,2-3H3/t15-,16-,17-,18?,19+,20-/m0/s1. The van der Waals surface area contributed by atoms with Crippen LogP contribution in [0.1, 0.15) is 65.2 Å². The van der Waals surface area contributed by atoms with Crippen LogP contribution in [-0.4, -0.2) is 11.2 Å². The summed E-state index contributed by atoms with van der Waals surface area (Å²) in [5.74, 6) is 2.35. The highest BCUT2D eigenvalue weighted by Gasteiger charge is 2.58. The summed E-state index contributed by atoms with van der Waals surface area (Å²) in [5.41, 5.74) is 3.58. The number of fused-ring (bicyclic) bond motifs is 5. The van der Waals surface area contributed by atoms with E-state index in [1.807, 2.05) is 0 Å². The molecule has 116 valence electrons. The highest BCUT2D eigenvalue weighted by molar-refractivity contribution is 5.28. The molecule has 0 aromatic rings. The van der Waals surface area contributed by atoms with Crippen molar-refractivity contribution < 1.29 is 5.11 Å². The van der Waals surface area contributed by atoms with Crippen LogP contribution in [0.15, 0.2) is 23.8 Å². The van der Waals surface area contributed by atoms with Crippen LogP contribution in [-0.2, 0) is 0 Å². The Kier molecular flexibility index (Phi) is 2.99. The quantitative estimate of drug-likeness (QED) is 0.630. The third-order valence-electron chi connectivity index (χ3n) is 8.12. The van der Waals surface area contributed by atoms with Crippen LogP contribution in [0, 0.1) is 28.6 Å². The first-order valence-corrected chi connectivity index (χ1v) is 9.04. The Morgan fingerprint density at radius 3 is 2.71 bits per heavy atom. The van der Waals surface area contributed by atoms with E-state index < -0.39 is 0 Å². The summed E-state index contributed by atoms with van der Waals surface area (Å²) in [6.45, 7) is 9.26. The van der Waals surface area contributed by atoms with E-state index in [-0.39, 0.29) is 11.5 Å². The van der Waals surface area contributed by atoms with Crippen molar-refractivity contribution in [2.24, 2.45) is 28.6 Å². The molecule has 21 heavy (non-hydrogen) atoms. The van der Waals surface area contributed by atoms with Crippen molar-refractivity contribution in [3.8, 4) is 0 Å². The van der Waals surface area contributed by atoms with Crippen molar-refractivity contribution in [2.45, 2.75) is 71.3 Å². The van der Waals surface area contributed by atoms with Crippen molar-refractivity contribution >= 4 is 0 Å². The molecule has 1 N–H and O–H groups in total. The summed E-state index contributed by atoms with van der Waals surface area (Å²) in [4.78, 5) is 0. The van der Waals surface area contributed by atoms with Crippen molar-refractivity contribution in [1.82, 2.24) is 0 Å². The Bertz CT molecular complexity index is 504. The van der Waals surface area contributed by atoms with Gasteiger partial charge in [-0.15, -0.1) is 0 Å². The van der Waals surface area contributed by atoms with Crippen molar-refractivity contribution in [1.29, 1.82) is 0 Å². The van der Waals surface area contributed by atoms with Crippen LogP contribution in [0.25, 0.3) is 0 Å². The van der Waals surface area contributed by atoms with Gasteiger partial charge in [-0.1, -0.05) is 37.6 Å². The number of hydrogen-bond acceptors (Lipinski definition) is 1. The second-order valence-corrected chi connectivity index (χ2v) is 8.62. The topological polar surface area (TPSA) is 20.2 Å². The molecular formula is C20H30O. The zero-order valence-electron chi connectivity index (χ0n) is 13.7. The normalized spacial score (nSPS) is 52.7. The van der Waals surface area contributed by atoms with Gasteiger partial charge in [-0.25, -0.2) is 0 Å². The second kappa shape index (κ2) is 4.47. The predicted molar refractivity (Wildman–Crippen MR) is 86.8 cm³/mol. The maximum absolute atomic E-state index is 10.8. The van der Waals surface area contributed by atoms with Crippen molar-refractivity contribution in [3.63, 3.8) is 0 Å². The second-order valence-electron chi connectivity index (χ2n) is 8.62. The van der Waals surface area contributed by atoms with Gasteiger partial charge >= 0.3 is 0 Å². The van der Waals surface area contributed by atoms with Gasteiger partial charge in [-0.05, 0) is 74.5 Å². The first-order chi connectivity index (χ1) is 9.98. The summed E-state index contributed by atoms with van der Waals surface area (Å²) >= 11 is 0. The van der Waals surface area contributed by atoms with Crippen molar-refractivity contribution in [2.75, 3.05) is 0 Å². The lowest BCUT2D eigenvalue weighted by Gasteiger charge is -2.58. The number of aliphatic hydroxyl groups excluding tert-OH is 1. The smallest absolute Gasteiger partial charge is 0.0636 e. The number of aliphatic hydroxyl groups is 1. The largest absolute Gasteiger partial charge is 0.392 e. The van der Waals surface area contributed by atoms with Crippen LogP contribution in [0.5, 0.6) is 0 Å². The molecule has 1 heteroatoms. The fraction of sp³-hybridized carbons (Fsp3) is 0.800. The van der Waals surface area contributed by atoms with Gasteiger partial charge in [-0.3, -0.25) is 0 Å². The predicted octanol–water partition coefficient (Wildman–Crippen LogP) is 4.87. The molecule has 3 fully saturated rings. The minimum absolute atomic E-state index is 0.0758. The third-order valence-corrected chi connectivity index (χ3v) is 8.12. The number of allylic oxidation sites excluding steroid dienone is 2. The van der Waals surface area contributed by atoms with Crippen LogP contribution in [0.3, 0.4) is 0 Å². The van der Waals surface area contributed by atoms with E-state index in [4.69, 9.17) is 0 Å². The lowest BCUT2D eigenvalue weighted by molar-refractivity contribution is -0.0819. The highest BCUT2D eigenvalue weighted by atomic mass is 16.3. The fourth-order valence-electron chi connectivity index (χ4n) is 6.67. The average Bonchev–Trinajstić information content (AvgIpc) is 2.76. The molecule has 0 spiro atoms. The molecular weight excluding hydrogens is 256 g/mol. The van der Waals surface area contributed by atoms with E-state index in [0.717, 1.165) is 24.7 Å².